The quantitative estimate of drug-likeness (QED) is 0.813. The molecule has 0 aromatic carbocycles. The number of hydrogen-bond acceptors (Lipinski definition) is 2. The molecule has 13 heavy (non-hydrogen) atoms. The Kier molecular flexibility index (Phi) is 2.43. The van der Waals surface area contributed by atoms with Gasteiger partial charge >= 0.3 is 0 Å². The van der Waals surface area contributed by atoms with Crippen LogP contribution in [-0.2, 0) is 13.0 Å². The molecule has 0 amide bonds. The number of nitrogens with two attached hydrogens (primary N) is 1. The van der Waals surface area contributed by atoms with E-state index >= 15 is 0 Å². The van der Waals surface area contributed by atoms with E-state index in [1.54, 1.807) is 0 Å². The first-order valence-corrected chi connectivity index (χ1v) is 5.43. The molecule has 0 spiro atoms. The molecule has 72 valence electrons. The first-order valence-electron chi connectivity index (χ1n) is 4.64. The van der Waals surface area contributed by atoms with Crippen molar-refractivity contribution in [3.8, 4) is 0 Å². The van der Waals surface area contributed by atoms with Gasteiger partial charge in [-0.3, -0.25) is 0 Å². The van der Waals surface area contributed by atoms with Crippen molar-refractivity contribution in [2.45, 2.75) is 26.3 Å². The lowest BCUT2D eigenvalue weighted by Crippen LogP contribution is -2.25. The molecule has 2 heterocycles. The average molecular weight is 244 g/mol. The van der Waals surface area contributed by atoms with Gasteiger partial charge in [0.05, 0.1) is 5.69 Å². The Balaban J connectivity index is 2.31. The molecule has 0 radical (unpaired) electrons. The van der Waals surface area contributed by atoms with Crippen LogP contribution in [0.3, 0.4) is 0 Å². The van der Waals surface area contributed by atoms with Gasteiger partial charge in [-0.25, -0.2) is 4.98 Å². The van der Waals surface area contributed by atoms with Gasteiger partial charge in [0.2, 0.25) is 0 Å². The Morgan fingerprint density at radius 3 is 3.15 bits per heavy atom. The summed E-state index contributed by atoms with van der Waals surface area (Å²) in [5, 5.41) is 0. The standard InChI is InChI=1S/C9H14BrN3/c1-6-9(10)13-3-2-7(5-11)4-8(13)12-6/h7H,2-5,11H2,1H3. The molecule has 3 nitrogen and oxygen atoms in total. The summed E-state index contributed by atoms with van der Waals surface area (Å²) in [5.74, 6) is 1.81. The molecule has 1 aromatic heterocycles. The summed E-state index contributed by atoms with van der Waals surface area (Å²) >= 11 is 3.55. The van der Waals surface area contributed by atoms with Crippen LogP contribution in [0.1, 0.15) is 17.9 Å². The van der Waals surface area contributed by atoms with E-state index in [0.29, 0.717) is 5.92 Å². The molecule has 2 rings (SSSR count). The van der Waals surface area contributed by atoms with E-state index in [0.717, 1.165) is 29.8 Å². The van der Waals surface area contributed by atoms with Crippen LogP contribution < -0.4 is 5.73 Å². The molecular formula is C9H14BrN3. The van der Waals surface area contributed by atoms with Gasteiger partial charge in [0.1, 0.15) is 10.4 Å². The molecular weight excluding hydrogens is 230 g/mol. The van der Waals surface area contributed by atoms with Crippen molar-refractivity contribution in [2.24, 2.45) is 11.7 Å². The third-order valence-electron chi connectivity index (χ3n) is 2.71. The van der Waals surface area contributed by atoms with Crippen molar-refractivity contribution in [1.82, 2.24) is 9.55 Å². The summed E-state index contributed by atoms with van der Waals surface area (Å²) in [4.78, 5) is 4.51. The zero-order valence-electron chi connectivity index (χ0n) is 7.76. The molecule has 1 aromatic rings. The molecule has 1 aliphatic rings. The second kappa shape index (κ2) is 3.42. The maximum Gasteiger partial charge on any atom is 0.110 e. The van der Waals surface area contributed by atoms with Crippen LogP contribution >= 0.6 is 15.9 Å². The number of aromatic nitrogens is 2. The van der Waals surface area contributed by atoms with Crippen LogP contribution in [0.4, 0.5) is 0 Å². The molecule has 1 unspecified atom stereocenters. The smallest absolute Gasteiger partial charge is 0.110 e. The number of imidazole rings is 1. The second-order valence-corrected chi connectivity index (χ2v) is 4.40. The first-order chi connectivity index (χ1) is 6.22. The maximum atomic E-state index is 5.66. The predicted molar refractivity (Wildman–Crippen MR) is 55.5 cm³/mol. The van der Waals surface area contributed by atoms with E-state index in [1.165, 1.54) is 12.2 Å². The molecule has 1 aliphatic heterocycles. The highest BCUT2D eigenvalue weighted by atomic mass is 79.9. The minimum Gasteiger partial charge on any atom is -0.330 e. The van der Waals surface area contributed by atoms with Gasteiger partial charge in [0.15, 0.2) is 0 Å². The summed E-state index contributed by atoms with van der Waals surface area (Å²) in [5.41, 5.74) is 6.75. The number of aryl methyl sites for hydroxylation is 1. The van der Waals surface area contributed by atoms with E-state index < -0.39 is 0 Å². The van der Waals surface area contributed by atoms with E-state index in [-0.39, 0.29) is 0 Å². The van der Waals surface area contributed by atoms with Gasteiger partial charge in [-0.2, -0.15) is 0 Å². The lowest BCUT2D eigenvalue weighted by Gasteiger charge is -2.22. The van der Waals surface area contributed by atoms with Gasteiger partial charge in [-0.05, 0) is 41.7 Å². The molecule has 0 saturated heterocycles. The third-order valence-corrected chi connectivity index (χ3v) is 3.71. The summed E-state index contributed by atoms with van der Waals surface area (Å²) in [6.07, 6.45) is 2.21. The van der Waals surface area contributed by atoms with Gasteiger partial charge in [-0.15, -0.1) is 0 Å². The fourth-order valence-corrected chi connectivity index (χ4v) is 2.34. The fraction of sp³-hybridized carbons (Fsp3) is 0.667. The van der Waals surface area contributed by atoms with Crippen molar-refractivity contribution in [3.63, 3.8) is 0 Å². The number of rotatable bonds is 1. The number of halogens is 1. The van der Waals surface area contributed by atoms with Gasteiger partial charge in [0.25, 0.3) is 0 Å². The maximum absolute atomic E-state index is 5.66. The highest BCUT2D eigenvalue weighted by molar-refractivity contribution is 9.10. The van der Waals surface area contributed by atoms with Crippen LogP contribution in [0.2, 0.25) is 0 Å². The molecule has 4 heteroatoms. The lowest BCUT2D eigenvalue weighted by molar-refractivity contribution is 0.386. The Labute approximate surface area is 86.5 Å². The topological polar surface area (TPSA) is 43.8 Å². The number of fused-ring (bicyclic) bond motifs is 1. The van der Waals surface area contributed by atoms with Gasteiger partial charge < -0.3 is 10.3 Å². The first kappa shape index (κ1) is 9.21. The van der Waals surface area contributed by atoms with E-state index in [4.69, 9.17) is 5.73 Å². The summed E-state index contributed by atoms with van der Waals surface area (Å²) in [6.45, 7) is 3.87. The number of nitrogens with zero attached hydrogens (tertiary/aromatic N) is 2. The number of hydrogen-bond donors (Lipinski definition) is 1. The minimum absolute atomic E-state index is 0.626. The van der Waals surface area contributed by atoms with E-state index in [9.17, 15) is 0 Å². The highest BCUT2D eigenvalue weighted by Gasteiger charge is 2.21. The average Bonchev–Trinajstić information content (AvgIpc) is 2.42. The van der Waals surface area contributed by atoms with Crippen LogP contribution in [-0.4, -0.2) is 16.1 Å². The monoisotopic (exact) mass is 243 g/mol. The molecule has 0 fully saturated rings. The van der Waals surface area contributed by atoms with Gasteiger partial charge in [0, 0.05) is 13.0 Å². The molecule has 0 saturated carbocycles. The lowest BCUT2D eigenvalue weighted by atomic mass is 9.98. The van der Waals surface area contributed by atoms with Crippen molar-refractivity contribution < 1.29 is 0 Å². The largest absolute Gasteiger partial charge is 0.330 e. The fourth-order valence-electron chi connectivity index (χ4n) is 1.86. The Hall–Kier alpha value is -0.350. The zero-order chi connectivity index (χ0) is 9.42. The Bertz CT molecular complexity index is 319. The van der Waals surface area contributed by atoms with Crippen molar-refractivity contribution in [1.29, 1.82) is 0 Å². The molecule has 0 aliphatic carbocycles. The van der Waals surface area contributed by atoms with E-state index in [2.05, 4.69) is 25.5 Å². The zero-order valence-corrected chi connectivity index (χ0v) is 9.34. The molecule has 2 N–H and O–H groups in total. The van der Waals surface area contributed by atoms with Crippen LogP contribution in [0.25, 0.3) is 0 Å². The third kappa shape index (κ3) is 1.53. The van der Waals surface area contributed by atoms with Crippen molar-refractivity contribution in [2.75, 3.05) is 6.54 Å². The Morgan fingerprint density at radius 2 is 2.46 bits per heavy atom. The second-order valence-electron chi connectivity index (χ2n) is 3.65. The van der Waals surface area contributed by atoms with Crippen molar-refractivity contribution >= 4 is 15.9 Å². The minimum atomic E-state index is 0.626. The summed E-state index contributed by atoms with van der Waals surface area (Å²) in [7, 11) is 0. The summed E-state index contributed by atoms with van der Waals surface area (Å²) < 4.78 is 3.39. The van der Waals surface area contributed by atoms with Gasteiger partial charge in [-0.1, -0.05) is 0 Å². The normalized spacial score (nSPS) is 21.6. The molecule has 0 bridgehead atoms. The predicted octanol–water partition coefficient (Wildman–Crippen LogP) is 1.48. The van der Waals surface area contributed by atoms with Crippen molar-refractivity contribution in [3.05, 3.63) is 16.1 Å². The highest BCUT2D eigenvalue weighted by Crippen LogP contribution is 2.25. The van der Waals surface area contributed by atoms with Crippen LogP contribution in [0.15, 0.2) is 4.60 Å². The summed E-state index contributed by atoms with van der Waals surface area (Å²) in [6, 6.07) is 0. The molecule has 1 atom stereocenters. The van der Waals surface area contributed by atoms with Crippen LogP contribution in [0, 0.1) is 12.8 Å². The van der Waals surface area contributed by atoms with Crippen LogP contribution in [0.5, 0.6) is 0 Å². The Morgan fingerprint density at radius 1 is 1.69 bits per heavy atom. The SMILES string of the molecule is Cc1nc2n(c1Br)CCC(CN)C2. The van der Waals surface area contributed by atoms with E-state index in [1.807, 2.05) is 6.92 Å².